The Morgan fingerprint density at radius 2 is 2.05 bits per heavy atom. The lowest BCUT2D eigenvalue weighted by Crippen LogP contribution is -2.28. The quantitative estimate of drug-likeness (QED) is 0.816. The van der Waals surface area contributed by atoms with Gasteiger partial charge in [-0.1, -0.05) is 49.0 Å². The van der Waals surface area contributed by atoms with Crippen LogP contribution >= 0.6 is 23.2 Å². The van der Waals surface area contributed by atoms with E-state index >= 15 is 0 Å². The summed E-state index contributed by atoms with van der Waals surface area (Å²) in [5, 5.41) is 4.92. The zero-order chi connectivity index (χ0) is 14.1. The lowest BCUT2D eigenvalue weighted by molar-refractivity contribution is 0.181. The van der Waals surface area contributed by atoms with Crippen LogP contribution in [0.1, 0.15) is 44.1 Å². The first-order valence-electron chi connectivity index (χ1n) is 7.81. The molecule has 1 saturated carbocycles. The third kappa shape index (κ3) is 3.00. The van der Waals surface area contributed by atoms with Gasteiger partial charge in [-0.2, -0.15) is 0 Å². The van der Waals surface area contributed by atoms with Crippen molar-refractivity contribution in [3.8, 4) is 0 Å². The van der Waals surface area contributed by atoms with Gasteiger partial charge in [-0.15, -0.1) is 0 Å². The summed E-state index contributed by atoms with van der Waals surface area (Å²) in [5.41, 5.74) is 1.33. The molecule has 1 aromatic carbocycles. The second-order valence-electron chi connectivity index (χ2n) is 6.58. The van der Waals surface area contributed by atoms with E-state index < -0.39 is 0 Å². The SMILES string of the molecule is CC(CC1CCCC2CNCC21)c1ccc(Cl)c(Cl)c1. The number of halogens is 2. The molecular weight excluding hydrogens is 289 g/mol. The monoisotopic (exact) mass is 311 g/mol. The lowest BCUT2D eigenvalue weighted by Gasteiger charge is -2.34. The van der Waals surface area contributed by atoms with Crippen LogP contribution in [0.4, 0.5) is 0 Å². The van der Waals surface area contributed by atoms with Crippen LogP contribution < -0.4 is 5.32 Å². The molecule has 2 aliphatic rings. The molecule has 0 aromatic heterocycles. The topological polar surface area (TPSA) is 12.0 Å². The Balaban J connectivity index is 1.68. The van der Waals surface area contributed by atoms with E-state index in [0.29, 0.717) is 16.0 Å². The Labute approximate surface area is 132 Å². The molecule has 3 rings (SSSR count). The molecule has 20 heavy (non-hydrogen) atoms. The minimum absolute atomic E-state index is 0.564. The molecule has 0 bridgehead atoms. The van der Waals surface area contributed by atoms with Crippen molar-refractivity contribution in [1.29, 1.82) is 0 Å². The van der Waals surface area contributed by atoms with E-state index in [0.717, 1.165) is 17.8 Å². The van der Waals surface area contributed by atoms with Gasteiger partial charge in [0, 0.05) is 0 Å². The molecule has 1 aromatic rings. The van der Waals surface area contributed by atoms with Crippen molar-refractivity contribution >= 4 is 23.2 Å². The maximum atomic E-state index is 6.15. The Morgan fingerprint density at radius 3 is 2.85 bits per heavy atom. The molecule has 1 aliphatic heterocycles. The van der Waals surface area contributed by atoms with E-state index in [2.05, 4.69) is 18.3 Å². The second-order valence-corrected chi connectivity index (χ2v) is 7.40. The highest BCUT2D eigenvalue weighted by molar-refractivity contribution is 6.42. The summed E-state index contributed by atoms with van der Waals surface area (Å²) in [6, 6.07) is 6.10. The van der Waals surface area contributed by atoms with Gasteiger partial charge >= 0.3 is 0 Å². The van der Waals surface area contributed by atoms with Crippen LogP contribution in [0.2, 0.25) is 10.0 Å². The van der Waals surface area contributed by atoms with Crippen LogP contribution in [0.5, 0.6) is 0 Å². The van der Waals surface area contributed by atoms with Gasteiger partial charge in [0.15, 0.2) is 0 Å². The number of fused-ring (bicyclic) bond motifs is 1. The van der Waals surface area contributed by atoms with E-state index in [1.165, 1.54) is 44.3 Å². The fourth-order valence-corrected chi connectivity index (χ4v) is 4.49. The van der Waals surface area contributed by atoms with E-state index in [1.807, 2.05) is 12.1 Å². The summed E-state index contributed by atoms with van der Waals surface area (Å²) in [6.45, 7) is 4.79. The van der Waals surface area contributed by atoms with Crippen LogP contribution in [0.3, 0.4) is 0 Å². The summed E-state index contributed by atoms with van der Waals surface area (Å²) < 4.78 is 0. The van der Waals surface area contributed by atoms with Gasteiger partial charge in [0.05, 0.1) is 10.0 Å². The Hall–Kier alpha value is -0.240. The minimum Gasteiger partial charge on any atom is -0.316 e. The highest BCUT2D eigenvalue weighted by atomic mass is 35.5. The zero-order valence-corrected chi connectivity index (χ0v) is 13.6. The van der Waals surface area contributed by atoms with Gasteiger partial charge < -0.3 is 5.32 Å². The highest BCUT2D eigenvalue weighted by Crippen LogP contribution is 2.42. The molecule has 4 unspecified atom stereocenters. The summed E-state index contributed by atoms with van der Waals surface area (Å²) in [6.07, 6.45) is 5.51. The predicted molar refractivity (Wildman–Crippen MR) is 86.7 cm³/mol. The molecule has 1 saturated heterocycles. The molecule has 3 heteroatoms. The highest BCUT2D eigenvalue weighted by Gasteiger charge is 2.36. The van der Waals surface area contributed by atoms with Crippen LogP contribution in [0, 0.1) is 17.8 Å². The third-order valence-electron chi connectivity index (χ3n) is 5.32. The second kappa shape index (κ2) is 6.25. The van der Waals surface area contributed by atoms with Gasteiger partial charge in [0.1, 0.15) is 0 Å². The van der Waals surface area contributed by atoms with E-state index in [4.69, 9.17) is 23.2 Å². The molecule has 1 N–H and O–H groups in total. The lowest BCUT2D eigenvalue weighted by atomic mass is 9.70. The molecule has 0 spiro atoms. The van der Waals surface area contributed by atoms with Crippen molar-refractivity contribution in [3.05, 3.63) is 33.8 Å². The smallest absolute Gasteiger partial charge is 0.0595 e. The minimum atomic E-state index is 0.564. The number of hydrogen-bond acceptors (Lipinski definition) is 1. The Bertz CT molecular complexity index is 474. The molecule has 110 valence electrons. The summed E-state index contributed by atoms with van der Waals surface area (Å²) >= 11 is 12.2. The first kappa shape index (κ1) is 14.7. The van der Waals surface area contributed by atoms with Crippen LogP contribution in [-0.2, 0) is 0 Å². The van der Waals surface area contributed by atoms with E-state index in [-0.39, 0.29) is 0 Å². The molecule has 0 amide bonds. The predicted octanol–water partition coefficient (Wildman–Crippen LogP) is 5.12. The van der Waals surface area contributed by atoms with Gasteiger partial charge in [-0.25, -0.2) is 0 Å². The third-order valence-corrected chi connectivity index (χ3v) is 6.06. The maximum Gasteiger partial charge on any atom is 0.0595 e. The van der Waals surface area contributed by atoms with Crippen LogP contribution in [0.25, 0.3) is 0 Å². The number of nitrogens with one attached hydrogen (secondary N) is 1. The van der Waals surface area contributed by atoms with Crippen LogP contribution in [-0.4, -0.2) is 13.1 Å². The van der Waals surface area contributed by atoms with Crippen LogP contribution in [0.15, 0.2) is 18.2 Å². The molecule has 2 fully saturated rings. The standard InChI is InChI=1S/C17H23Cl2N/c1-11(12-5-6-16(18)17(19)8-12)7-13-3-2-4-14-9-20-10-15(13)14/h5-6,8,11,13-15,20H,2-4,7,9-10H2,1H3. The van der Waals surface area contributed by atoms with Crippen molar-refractivity contribution in [3.63, 3.8) is 0 Å². The normalized spacial score (nSPS) is 31.1. The van der Waals surface area contributed by atoms with Gasteiger partial charge in [0.25, 0.3) is 0 Å². The zero-order valence-electron chi connectivity index (χ0n) is 12.0. The molecule has 1 aliphatic carbocycles. The van der Waals surface area contributed by atoms with Crippen molar-refractivity contribution in [2.45, 2.75) is 38.5 Å². The number of rotatable bonds is 3. The summed E-state index contributed by atoms with van der Waals surface area (Å²) in [4.78, 5) is 0. The maximum absolute atomic E-state index is 6.15. The molecule has 4 atom stereocenters. The average Bonchev–Trinajstić information content (AvgIpc) is 2.91. The number of benzene rings is 1. The molecular formula is C17H23Cl2N. The Morgan fingerprint density at radius 1 is 1.20 bits per heavy atom. The molecule has 1 nitrogen and oxygen atoms in total. The average molecular weight is 312 g/mol. The fourth-order valence-electron chi connectivity index (χ4n) is 4.18. The van der Waals surface area contributed by atoms with E-state index in [1.54, 1.807) is 0 Å². The first-order chi connectivity index (χ1) is 9.65. The summed E-state index contributed by atoms with van der Waals surface area (Å²) in [7, 11) is 0. The van der Waals surface area contributed by atoms with Gasteiger partial charge in [0.2, 0.25) is 0 Å². The first-order valence-corrected chi connectivity index (χ1v) is 8.56. The van der Waals surface area contributed by atoms with E-state index in [9.17, 15) is 0 Å². The largest absolute Gasteiger partial charge is 0.316 e. The summed E-state index contributed by atoms with van der Waals surface area (Å²) in [5.74, 6) is 3.26. The molecule has 1 heterocycles. The molecule has 0 radical (unpaired) electrons. The van der Waals surface area contributed by atoms with Crippen molar-refractivity contribution in [2.75, 3.05) is 13.1 Å². The van der Waals surface area contributed by atoms with Crippen molar-refractivity contribution in [1.82, 2.24) is 5.32 Å². The van der Waals surface area contributed by atoms with Crippen molar-refractivity contribution < 1.29 is 0 Å². The Kier molecular flexibility index (Phi) is 4.59. The number of hydrogen-bond donors (Lipinski definition) is 1. The van der Waals surface area contributed by atoms with Gasteiger partial charge in [-0.05, 0) is 67.3 Å². The van der Waals surface area contributed by atoms with Gasteiger partial charge in [-0.3, -0.25) is 0 Å². The fraction of sp³-hybridized carbons (Fsp3) is 0.647. The van der Waals surface area contributed by atoms with Crippen molar-refractivity contribution in [2.24, 2.45) is 17.8 Å².